The van der Waals surface area contributed by atoms with E-state index in [9.17, 15) is 8.42 Å². The Labute approximate surface area is 166 Å². The third-order valence-corrected chi connectivity index (χ3v) is 6.03. The van der Waals surface area contributed by atoms with E-state index in [1.165, 1.54) is 0 Å². The summed E-state index contributed by atoms with van der Waals surface area (Å²) >= 11 is 0. The zero-order chi connectivity index (χ0) is 20.1. The molecule has 3 aromatic rings. The van der Waals surface area contributed by atoms with Crippen molar-refractivity contribution in [1.29, 1.82) is 0 Å². The zero-order valence-corrected chi connectivity index (χ0v) is 17.2. The monoisotopic (exact) mass is 399 g/mol. The van der Waals surface area contributed by atoms with Gasteiger partial charge in [-0.25, -0.2) is 8.42 Å². The van der Waals surface area contributed by atoms with Crippen molar-refractivity contribution in [3.8, 4) is 11.5 Å². The molecule has 0 aliphatic heterocycles. The van der Waals surface area contributed by atoms with E-state index in [4.69, 9.17) is 4.42 Å². The van der Waals surface area contributed by atoms with Crippen molar-refractivity contribution in [2.24, 2.45) is 0 Å². The van der Waals surface area contributed by atoms with E-state index >= 15 is 0 Å². The Hall–Kier alpha value is -2.64. The molecule has 0 bridgehead atoms. The van der Waals surface area contributed by atoms with Gasteiger partial charge in [0.15, 0.2) is 0 Å². The van der Waals surface area contributed by atoms with Gasteiger partial charge in [-0.1, -0.05) is 36.4 Å². The highest BCUT2D eigenvalue weighted by Crippen LogP contribution is 2.33. The second-order valence-corrected chi connectivity index (χ2v) is 8.73. The van der Waals surface area contributed by atoms with E-state index in [1.54, 1.807) is 30.3 Å². The van der Waals surface area contributed by atoms with Gasteiger partial charge in [-0.2, -0.15) is 4.98 Å². The molecule has 1 heterocycles. The second kappa shape index (κ2) is 8.58. The molecule has 0 aliphatic rings. The molecular formula is C21H25N3O3S. The quantitative estimate of drug-likeness (QED) is 0.580. The van der Waals surface area contributed by atoms with Crippen molar-refractivity contribution < 1.29 is 12.8 Å². The summed E-state index contributed by atoms with van der Waals surface area (Å²) in [5.41, 5.74) is 1.74. The molecule has 0 aliphatic carbocycles. The minimum atomic E-state index is -3.80. The van der Waals surface area contributed by atoms with E-state index in [2.05, 4.69) is 15.2 Å². The molecule has 7 heteroatoms. The lowest BCUT2D eigenvalue weighted by molar-refractivity contribution is 0.404. The SMILES string of the molecule is Cc1ccccc1-c1nc(S(=O)(=O)c2ccccc2)c(NCCCN(C)C)o1. The predicted molar refractivity (Wildman–Crippen MR) is 110 cm³/mol. The lowest BCUT2D eigenvalue weighted by Gasteiger charge is -2.10. The number of nitrogens with one attached hydrogen (secondary N) is 1. The number of anilines is 1. The molecule has 0 saturated heterocycles. The van der Waals surface area contributed by atoms with Crippen LogP contribution in [0, 0.1) is 6.92 Å². The van der Waals surface area contributed by atoms with Gasteiger partial charge >= 0.3 is 0 Å². The number of aryl methyl sites for hydroxylation is 1. The average Bonchev–Trinajstić information content (AvgIpc) is 3.11. The van der Waals surface area contributed by atoms with Crippen LogP contribution < -0.4 is 5.32 Å². The summed E-state index contributed by atoms with van der Waals surface area (Å²) < 4.78 is 32.2. The fourth-order valence-corrected chi connectivity index (χ4v) is 4.14. The molecule has 0 spiro atoms. The maximum absolute atomic E-state index is 13.2. The van der Waals surface area contributed by atoms with Crippen LogP contribution in [0.3, 0.4) is 0 Å². The Kier molecular flexibility index (Phi) is 6.16. The molecule has 2 aromatic carbocycles. The summed E-state index contributed by atoms with van der Waals surface area (Å²) in [5.74, 6) is 0.476. The van der Waals surface area contributed by atoms with Crippen LogP contribution >= 0.6 is 0 Å². The van der Waals surface area contributed by atoms with Crippen LogP contribution in [0.25, 0.3) is 11.5 Å². The molecule has 0 unspecified atom stereocenters. The van der Waals surface area contributed by atoms with E-state index in [0.29, 0.717) is 12.4 Å². The predicted octanol–water partition coefficient (Wildman–Crippen LogP) is 3.85. The molecular weight excluding hydrogens is 374 g/mol. The summed E-state index contributed by atoms with van der Waals surface area (Å²) in [7, 11) is 0.191. The molecule has 6 nitrogen and oxygen atoms in total. The highest BCUT2D eigenvalue weighted by Gasteiger charge is 2.28. The second-order valence-electron chi connectivity index (χ2n) is 6.87. The van der Waals surface area contributed by atoms with Gasteiger partial charge in [0.05, 0.1) is 4.90 Å². The number of rotatable bonds is 8. The third-order valence-electron chi connectivity index (χ3n) is 4.35. The first-order valence-electron chi connectivity index (χ1n) is 9.15. The molecule has 0 amide bonds. The van der Waals surface area contributed by atoms with Crippen LogP contribution in [0.1, 0.15) is 12.0 Å². The van der Waals surface area contributed by atoms with Gasteiger partial charge in [0.1, 0.15) is 0 Å². The normalized spacial score (nSPS) is 11.7. The fraction of sp³-hybridized carbons (Fsp3) is 0.286. The molecule has 1 aromatic heterocycles. The Bertz CT molecular complexity index is 1030. The highest BCUT2D eigenvalue weighted by atomic mass is 32.2. The Morgan fingerprint density at radius 3 is 2.39 bits per heavy atom. The fourth-order valence-electron chi connectivity index (χ4n) is 2.84. The van der Waals surface area contributed by atoms with Crippen LogP contribution in [0.4, 0.5) is 5.88 Å². The summed E-state index contributed by atoms with van der Waals surface area (Å²) in [5, 5.41) is 3.04. The Balaban J connectivity index is 2.00. The Morgan fingerprint density at radius 1 is 1.04 bits per heavy atom. The van der Waals surface area contributed by atoms with Gasteiger partial charge in [-0.15, -0.1) is 0 Å². The van der Waals surface area contributed by atoms with Gasteiger partial charge in [-0.3, -0.25) is 0 Å². The van der Waals surface area contributed by atoms with Gasteiger partial charge in [-0.05, 0) is 57.7 Å². The molecule has 0 radical (unpaired) electrons. The number of aromatic nitrogens is 1. The minimum Gasteiger partial charge on any atom is -0.419 e. The molecule has 148 valence electrons. The first-order valence-corrected chi connectivity index (χ1v) is 10.6. The number of nitrogens with zero attached hydrogens (tertiary/aromatic N) is 2. The molecule has 1 N–H and O–H groups in total. The molecule has 3 rings (SSSR count). The van der Waals surface area contributed by atoms with Crippen LogP contribution in [0.5, 0.6) is 0 Å². The molecule has 0 fully saturated rings. The van der Waals surface area contributed by atoms with Gasteiger partial charge in [0.2, 0.25) is 26.6 Å². The number of benzene rings is 2. The van der Waals surface area contributed by atoms with Crippen LogP contribution in [-0.2, 0) is 9.84 Å². The van der Waals surface area contributed by atoms with Gasteiger partial charge in [0, 0.05) is 12.1 Å². The first kappa shape index (κ1) is 20.1. The third kappa shape index (κ3) is 4.43. The van der Waals surface area contributed by atoms with Gasteiger partial charge < -0.3 is 14.6 Å². The van der Waals surface area contributed by atoms with Crippen molar-refractivity contribution >= 4 is 15.7 Å². The van der Waals surface area contributed by atoms with E-state index < -0.39 is 9.84 Å². The maximum atomic E-state index is 13.2. The summed E-state index contributed by atoms with van der Waals surface area (Å²) in [6, 6.07) is 15.9. The molecule has 0 atom stereocenters. The van der Waals surface area contributed by atoms with Gasteiger partial charge in [0.25, 0.3) is 0 Å². The lowest BCUT2D eigenvalue weighted by atomic mass is 10.1. The highest BCUT2D eigenvalue weighted by molar-refractivity contribution is 7.91. The largest absolute Gasteiger partial charge is 0.419 e. The van der Waals surface area contributed by atoms with Crippen molar-refractivity contribution in [2.75, 3.05) is 32.5 Å². The average molecular weight is 400 g/mol. The van der Waals surface area contributed by atoms with Crippen LogP contribution in [-0.4, -0.2) is 45.5 Å². The number of hydrogen-bond donors (Lipinski definition) is 1. The van der Waals surface area contributed by atoms with Crippen LogP contribution in [0.15, 0.2) is 68.9 Å². The van der Waals surface area contributed by atoms with Crippen molar-refractivity contribution in [1.82, 2.24) is 9.88 Å². The van der Waals surface area contributed by atoms with Crippen molar-refractivity contribution in [3.63, 3.8) is 0 Å². The number of sulfone groups is 1. The topological polar surface area (TPSA) is 75.4 Å². The minimum absolute atomic E-state index is 0.0817. The maximum Gasteiger partial charge on any atom is 0.233 e. The van der Waals surface area contributed by atoms with E-state index in [1.807, 2.05) is 45.3 Å². The lowest BCUT2D eigenvalue weighted by Crippen LogP contribution is -2.17. The van der Waals surface area contributed by atoms with Crippen molar-refractivity contribution in [3.05, 3.63) is 60.2 Å². The number of hydrogen-bond acceptors (Lipinski definition) is 6. The number of oxazole rings is 1. The zero-order valence-electron chi connectivity index (χ0n) is 16.3. The van der Waals surface area contributed by atoms with Crippen molar-refractivity contribution in [2.45, 2.75) is 23.3 Å². The standard InChI is InChI=1S/C21H25N3O3S/c1-16-10-7-8-13-18(16)19-23-21(20(27-19)22-14-9-15-24(2)3)28(25,26)17-11-5-4-6-12-17/h4-8,10-13,22H,9,14-15H2,1-3H3. The Morgan fingerprint density at radius 2 is 1.71 bits per heavy atom. The smallest absolute Gasteiger partial charge is 0.233 e. The summed E-state index contributed by atoms with van der Waals surface area (Å²) in [4.78, 5) is 6.64. The summed E-state index contributed by atoms with van der Waals surface area (Å²) in [6.45, 7) is 3.40. The molecule has 0 saturated carbocycles. The first-order chi connectivity index (χ1) is 13.4. The van der Waals surface area contributed by atoms with Crippen LogP contribution in [0.2, 0.25) is 0 Å². The summed E-state index contributed by atoms with van der Waals surface area (Å²) in [6.07, 6.45) is 0.845. The van der Waals surface area contributed by atoms with E-state index in [0.717, 1.165) is 24.1 Å². The van der Waals surface area contributed by atoms with E-state index in [-0.39, 0.29) is 15.8 Å². The molecule has 28 heavy (non-hydrogen) atoms.